The third-order valence-electron chi connectivity index (χ3n) is 4.15. The minimum atomic E-state index is 0.755. The number of rotatable bonds is 0. The van der Waals surface area contributed by atoms with Crippen LogP contribution in [0.3, 0.4) is 0 Å². The van der Waals surface area contributed by atoms with Gasteiger partial charge in [0.2, 0.25) is 0 Å². The topological polar surface area (TPSA) is 12.0 Å². The molecule has 0 aromatic carbocycles. The molecule has 1 saturated carbocycles. The lowest BCUT2D eigenvalue weighted by atomic mass is 9.54. The van der Waals surface area contributed by atoms with Crippen LogP contribution >= 0.6 is 0 Å². The van der Waals surface area contributed by atoms with Crippen molar-refractivity contribution >= 4 is 0 Å². The van der Waals surface area contributed by atoms with Crippen LogP contribution in [0.25, 0.3) is 0 Å². The van der Waals surface area contributed by atoms with Gasteiger partial charge in [0.1, 0.15) is 0 Å². The van der Waals surface area contributed by atoms with E-state index in [0.717, 1.165) is 17.3 Å². The summed E-state index contributed by atoms with van der Waals surface area (Å²) in [6.45, 7) is 7.35. The number of piperidine rings is 1. The van der Waals surface area contributed by atoms with Gasteiger partial charge in [-0.3, -0.25) is 0 Å². The minimum absolute atomic E-state index is 0.755. The molecule has 0 amide bonds. The highest BCUT2D eigenvalue weighted by atomic mass is 14.9. The largest absolute Gasteiger partial charge is 0.316 e. The SMILES string of the molecule is CC1CNCC(C)C12CCC2. The van der Waals surface area contributed by atoms with Gasteiger partial charge in [-0.2, -0.15) is 0 Å². The van der Waals surface area contributed by atoms with Gasteiger partial charge in [-0.1, -0.05) is 20.3 Å². The van der Waals surface area contributed by atoms with E-state index in [1.54, 1.807) is 0 Å². The molecule has 11 heavy (non-hydrogen) atoms. The summed E-state index contributed by atoms with van der Waals surface area (Å²) in [4.78, 5) is 0. The molecule has 2 fully saturated rings. The van der Waals surface area contributed by atoms with Crippen LogP contribution in [0.15, 0.2) is 0 Å². The summed E-state index contributed by atoms with van der Waals surface area (Å²) in [6.07, 6.45) is 4.47. The Bertz CT molecular complexity index is 137. The van der Waals surface area contributed by atoms with Crippen molar-refractivity contribution in [2.75, 3.05) is 13.1 Å². The van der Waals surface area contributed by atoms with Crippen molar-refractivity contribution in [2.24, 2.45) is 17.3 Å². The Hall–Kier alpha value is -0.0400. The molecule has 0 radical (unpaired) electrons. The lowest BCUT2D eigenvalue weighted by Gasteiger charge is -2.54. The maximum absolute atomic E-state index is 3.51. The summed E-state index contributed by atoms with van der Waals surface area (Å²) in [5.41, 5.74) is 0.755. The van der Waals surface area contributed by atoms with E-state index in [1.165, 1.54) is 32.4 Å². The summed E-state index contributed by atoms with van der Waals surface area (Å²) in [5, 5.41) is 3.51. The second-order valence-electron chi connectivity index (χ2n) is 4.55. The fourth-order valence-corrected chi connectivity index (χ4v) is 2.98. The minimum Gasteiger partial charge on any atom is -0.316 e. The van der Waals surface area contributed by atoms with Crippen molar-refractivity contribution < 1.29 is 0 Å². The van der Waals surface area contributed by atoms with Gasteiger partial charge in [0.05, 0.1) is 0 Å². The molecule has 1 N–H and O–H groups in total. The average molecular weight is 153 g/mol. The molecular formula is C10H19N. The second kappa shape index (κ2) is 2.48. The number of hydrogen-bond acceptors (Lipinski definition) is 1. The maximum Gasteiger partial charge on any atom is -0.00176 e. The van der Waals surface area contributed by atoms with Crippen molar-refractivity contribution in [1.29, 1.82) is 0 Å². The van der Waals surface area contributed by atoms with Crippen LogP contribution in [-0.4, -0.2) is 13.1 Å². The van der Waals surface area contributed by atoms with Crippen molar-refractivity contribution in [2.45, 2.75) is 33.1 Å². The Kier molecular flexibility index (Phi) is 1.71. The smallest absolute Gasteiger partial charge is 0.00176 e. The average Bonchev–Trinajstić information content (AvgIpc) is 1.83. The molecule has 2 unspecified atom stereocenters. The van der Waals surface area contributed by atoms with Gasteiger partial charge in [0.15, 0.2) is 0 Å². The molecule has 2 rings (SSSR count). The van der Waals surface area contributed by atoms with Crippen LogP contribution in [0.2, 0.25) is 0 Å². The van der Waals surface area contributed by atoms with Crippen molar-refractivity contribution in [3.63, 3.8) is 0 Å². The summed E-state index contributed by atoms with van der Waals surface area (Å²) >= 11 is 0. The van der Waals surface area contributed by atoms with E-state index in [0.29, 0.717) is 0 Å². The fraction of sp³-hybridized carbons (Fsp3) is 1.00. The zero-order chi connectivity index (χ0) is 7.90. The Balaban J connectivity index is 2.12. The van der Waals surface area contributed by atoms with Gasteiger partial charge in [0.25, 0.3) is 0 Å². The standard InChI is InChI=1S/C10H19N/c1-8-6-11-7-9(2)10(8)4-3-5-10/h8-9,11H,3-7H2,1-2H3. The van der Waals surface area contributed by atoms with Crippen LogP contribution in [0.5, 0.6) is 0 Å². The van der Waals surface area contributed by atoms with Gasteiger partial charge in [0, 0.05) is 0 Å². The predicted molar refractivity (Wildman–Crippen MR) is 47.5 cm³/mol. The van der Waals surface area contributed by atoms with E-state index in [2.05, 4.69) is 19.2 Å². The zero-order valence-electron chi connectivity index (χ0n) is 7.69. The molecule has 0 aromatic rings. The van der Waals surface area contributed by atoms with Crippen LogP contribution in [-0.2, 0) is 0 Å². The normalized spacial score (nSPS) is 42.0. The van der Waals surface area contributed by atoms with Crippen molar-refractivity contribution in [3.8, 4) is 0 Å². The molecule has 1 aliphatic heterocycles. The molecule has 1 heteroatoms. The Morgan fingerprint density at radius 1 is 1.09 bits per heavy atom. The first-order valence-electron chi connectivity index (χ1n) is 4.96. The molecule has 1 heterocycles. The van der Waals surface area contributed by atoms with Gasteiger partial charge >= 0.3 is 0 Å². The van der Waals surface area contributed by atoms with Crippen LogP contribution in [0.1, 0.15) is 33.1 Å². The van der Waals surface area contributed by atoms with Crippen molar-refractivity contribution in [1.82, 2.24) is 5.32 Å². The first-order chi connectivity index (χ1) is 5.26. The van der Waals surface area contributed by atoms with Crippen LogP contribution in [0, 0.1) is 17.3 Å². The molecule has 64 valence electrons. The molecule has 2 aliphatic rings. The van der Waals surface area contributed by atoms with Crippen LogP contribution < -0.4 is 5.32 Å². The molecule has 1 spiro atoms. The van der Waals surface area contributed by atoms with Gasteiger partial charge in [-0.15, -0.1) is 0 Å². The maximum atomic E-state index is 3.51. The highest BCUT2D eigenvalue weighted by Crippen LogP contribution is 2.53. The first-order valence-corrected chi connectivity index (χ1v) is 4.96. The summed E-state index contributed by atoms with van der Waals surface area (Å²) in [6, 6.07) is 0. The van der Waals surface area contributed by atoms with Crippen LogP contribution in [0.4, 0.5) is 0 Å². The highest BCUT2D eigenvalue weighted by molar-refractivity contribution is 4.99. The highest BCUT2D eigenvalue weighted by Gasteiger charge is 2.47. The summed E-state index contributed by atoms with van der Waals surface area (Å²) in [5.74, 6) is 1.83. The predicted octanol–water partition coefficient (Wildman–Crippen LogP) is 2.03. The fourth-order valence-electron chi connectivity index (χ4n) is 2.98. The lowest BCUT2D eigenvalue weighted by molar-refractivity contribution is -0.0245. The third-order valence-corrected chi connectivity index (χ3v) is 4.15. The van der Waals surface area contributed by atoms with E-state index in [9.17, 15) is 0 Å². The van der Waals surface area contributed by atoms with Gasteiger partial charge in [-0.05, 0) is 43.2 Å². The van der Waals surface area contributed by atoms with E-state index in [4.69, 9.17) is 0 Å². The quantitative estimate of drug-likeness (QED) is 0.561. The molecular weight excluding hydrogens is 134 g/mol. The molecule has 1 saturated heterocycles. The van der Waals surface area contributed by atoms with Gasteiger partial charge in [-0.25, -0.2) is 0 Å². The van der Waals surface area contributed by atoms with E-state index < -0.39 is 0 Å². The molecule has 2 atom stereocenters. The molecule has 1 aliphatic carbocycles. The van der Waals surface area contributed by atoms with Crippen molar-refractivity contribution in [3.05, 3.63) is 0 Å². The lowest BCUT2D eigenvalue weighted by Crippen LogP contribution is -2.53. The number of nitrogens with one attached hydrogen (secondary N) is 1. The van der Waals surface area contributed by atoms with Gasteiger partial charge < -0.3 is 5.32 Å². The summed E-state index contributed by atoms with van der Waals surface area (Å²) in [7, 11) is 0. The second-order valence-corrected chi connectivity index (χ2v) is 4.55. The van der Waals surface area contributed by atoms with E-state index >= 15 is 0 Å². The molecule has 1 nitrogen and oxygen atoms in total. The zero-order valence-corrected chi connectivity index (χ0v) is 7.69. The summed E-state index contributed by atoms with van der Waals surface area (Å²) < 4.78 is 0. The third kappa shape index (κ3) is 0.936. The molecule has 0 bridgehead atoms. The Morgan fingerprint density at radius 3 is 1.91 bits per heavy atom. The van der Waals surface area contributed by atoms with E-state index in [1.807, 2.05) is 0 Å². The Morgan fingerprint density at radius 2 is 1.64 bits per heavy atom. The van der Waals surface area contributed by atoms with E-state index in [-0.39, 0.29) is 0 Å². The monoisotopic (exact) mass is 153 g/mol. The number of hydrogen-bond donors (Lipinski definition) is 1. The Labute approximate surface area is 69.6 Å². The molecule has 0 aromatic heterocycles. The first kappa shape index (κ1) is 7.60.